The molecular weight excluding hydrogens is 420 g/mol. The third-order valence-corrected chi connectivity index (χ3v) is 6.82. The molecule has 1 unspecified atom stereocenters. The van der Waals surface area contributed by atoms with Crippen LogP contribution in [-0.4, -0.2) is 44.8 Å². The van der Waals surface area contributed by atoms with E-state index in [1.807, 2.05) is 0 Å². The van der Waals surface area contributed by atoms with Crippen LogP contribution in [0.15, 0.2) is 29.3 Å². The number of sulfonamides is 1. The van der Waals surface area contributed by atoms with Crippen LogP contribution < -0.4 is 14.8 Å². The van der Waals surface area contributed by atoms with Crippen molar-refractivity contribution in [3.05, 3.63) is 41.7 Å². The molecule has 2 aromatic rings. The lowest BCUT2D eigenvalue weighted by Gasteiger charge is -2.29. The van der Waals surface area contributed by atoms with Crippen molar-refractivity contribution in [2.75, 3.05) is 25.1 Å². The van der Waals surface area contributed by atoms with Crippen LogP contribution >= 0.6 is 0 Å². The summed E-state index contributed by atoms with van der Waals surface area (Å²) in [5, 5.41) is 2.45. The summed E-state index contributed by atoms with van der Waals surface area (Å²) in [6, 6.07) is 2.49. The number of nitrogens with one attached hydrogen (secondary N) is 2. The average Bonchev–Trinajstić information content (AvgIpc) is 2.99. The number of aromatic nitrogens is 1. The standard InChI is InChI=1S/C19H21F2N3O5S/c1-24-9-16-18(17(24)19(25)22-12-2-3-13(20)14(21)8-12)29-10-15(23-30(16,26)27)11-4-6-28-7-5-11/h2-3,8-9,11,15,23H,4-7,10H2,1H3,(H,22,25). The second kappa shape index (κ2) is 7.97. The van der Waals surface area contributed by atoms with Crippen LogP contribution in [0.4, 0.5) is 14.5 Å². The fourth-order valence-electron chi connectivity index (χ4n) is 3.75. The number of rotatable bonds is 3. The van der Waals surface area contributed by atoms with Gasteiger partial charge in [0.15, 0.2) is 23.1 Å². The van der Waals surface area contributed by atoms with Crippen molar-refractivity contribution in [1.29, 1.82) is 0 Å². The smallest absolute Gasteiger partial charge is 0.276 e. The van der Waals surface area contributed by atoms with Gasteiger partial charge in [-0.3, -0.25) is 4.79 Å². The van der Waals surface area contributed by atoms with Gasteiger partial charge in [-0.15, -0.1) is 0 Å². The molecule has 1 aromatic heterocycles. The first-order valence-electron chi connectivity index (χ1n) is 9.45. The highest BCUT2D eigenvalue weighted by atomic mass is 32.2. The molecule has 162 valence electrons. The number of carbonyl (C=O) groups is 1. The highest BCUT2D eigenvalue weighted by Crippen LogP contribution is 2.34. The van der Waals surface area contributed by atoms with Gasteiger partial charge in [-0.25, -0.2) is 21.9 Å². The van der Waals surface area contributed by atoms with Crippen molar-refractivity contribution in [3.8, 4) is 5.75 Å². The molecule has 2 N–H and O–H groups in total. The number of fused-ring (bicyclic) bond motifs is 1. The highest BCUT2D eigenvalue weighted by Gasteiger charge is 2.37. The van der Waals surface area contributed by atoms with E-state index >= 15 is 0 Å². The lowest BCUT2D eigenvalue weighted by atomic mass is 9.93. The topological polar surface area (TPSA) is 98.7 Å². The molecule has 11 heteroatoms. The largest absolute Gasteiger partial charge is 0.488 e. The third-order valence-electron chi connectivity index (χ3n) is 5.33. The number of hydrogen-bond acceptors (Lipinski definition) is 5. The van der Waals surface area contributed by atoms with E-state index in [4.69, 9.17) is 9.47 Å². The molecule has 2 aliphatic rings. The Labute approximate surface area is 172 Å². The zero-order valence-electron chi connectivity index (χ0n) is 16.2. The molecule has 3 heterocycles. The molecule has 1 amide bonds. The predicted octanol–water partition coefficient (Wildman–Crippen LogP) is 2.02. The molecule has 0 spiro atoms. The van der Waals surface area contributed by atoms with Gasteiger partial charge in [0.25, 0.3) is 5.91 Å². The second-order valence-corrected chi connectivity index (χ2v) is 9.04. The van der Waals surface area contributed by atoms with E-state index in [1.54, 1.807) is 0 Å². The van der Waals surface area contributed by atoms with Gasteiger partial charge in [-0.05, 0) is 30.9 Å². The summed E-state index contributed by atoms with van der Waals surface area (Å²) in [5.74, 6) is -2.86. The fraction of sp³-hybridized carbons (Fsp3) is 0.421. The van der Waals surface area contributed by atoms with Crippen LogP contribution in [0.3, 0.4) is 0 Å². The van der Waals surface area contributed by atoms with Crippen LogP contribution in [0, 0.1) is 17.6 Å². The van der Waals surface area contributed by atoms with Crippen molar-refractivity contribution in [1.82, 2.24) is 9.29 Å². The van der Waals surface area contributed by atoms with Crippen LogP contribution in [0.5, 0.6) is 5.75 Å². The van der Waals surface area contributed by atoms with Gasteiger partial charge in [-0.1, -0.05) is 0 Å². The maximum Gasteiger partial charge on any atom is 0.276 e. The van der Waals surface area contributed by atoms with Crippen LogP contribution in [0.2, 0.25) is 0 Å². The molecule has 1 fully saturated rings. The van der Waals surface area contributed by atoms with Gasteiger partial charge in [0.2, 0.25) is 10.0 Å². The molecule has 1 atom stereocenters. The lowest BCUT2D eigenvalue weighted by molar-refractivity contribution is 0.0500. The van der Waals surface area contributed by atoms with E-state index in [0.29, 0.717) is 26.1 Å². The van der Waals surface area contributed by atoms with E-state index in [-0.39, 0.29) is 34.6 Å². The van der Waals surface area contributed by atoms with Gasteiger partial charge in [0.1, 0.15) is 11.5 Å². The zero-order valence-corrected chi connectivity index (χ0v) is 17.0. The Balaban J connectivity index is 1.62. The number of carbonyl (C=O) groups excluding carboxylic acids is 1. The summed E-state index contributed by atoms with van der Waals surface area (Å²) in [6.45, 7) is 1.17. The number of anilines is 1. The number of amides is 1. The maximum absolute atomic E-state index is 13.4. The Morgan fingerprint density at radius 3 is 2.67 bits per heavy atom. The summed E-state index contributed by atoms with van der Waals surface area (Å²) < 4.78 is 67.6. The van der Waals surface area contributed by atoms with Gasteiger partial charge in [0.05, 0.1) is 6.04 Å². The molecule has 0 radical (unpaired) electrons. The highest BCUT2D eigenvalue weighted by molar-refractivity contribution is 7.89. The van der Waals surface area contributed by atoms with Crippen molar-refractivity contribution >= 4 is 21.6 Å². The van der Waals surface area contributed by atoms with Crippen molar-refractivity contribution < 1.29 is 31.5 Å². The predicted molar refractivity (Wildman–Crippen MR) is 103 cm³/mol. The summed E-state index contributed by atoms with van der Waals surface area (Å²) in [5.41, 5.74) is -0.00345. The lowest BCUT2D eigenvalue weighted by Crippen LogP contribution is -2.44. The molecule has 0 saturated carbocycles. The molecular formula is C19H21F2N3O5S. The molecule has 0 bridgehead atoms. The van der Waals surface area contributed by atoms with Gasteiger partial charge >= 0.3 is 0 Å². The quantitative estimate of drug-likeness (QED) is 0.760. The summed E-state index contributed by atoms with van der Waals surface area (Å²) >= 11 is 0. The maximum atomic E-state index is 13.4. The molecule has 30 heavy (non-hydrogen) atoms. The molecule has 0 aliphatic carbocycles. The Morgan fingerprint density at radius 2 is 1.97 bits per heavy atom. The number of ether oxygens (including phenoxy) is 2. The number of halogens is 2. The first-order valence-corrected chi connectivity index (χ1v) is 10.9. The minimum absolute atomic E-state index is 0.0311. The van der Waals surface area contributed by atoms with Crippen LogP contribution in [-0.2, 0) is 21.8 Å². The van der Waals surface area contributed by atoms with E-state index < -0.39 is 33.6 Å². The normalized spacial score (nSPS) is 21.4. The van der Waals surface area contributed by atoms with Crippen molar-refractivity contribution in [2.45, 2.75) is 23.8 Å². The zero-order chi connectivity index (χ0) is 21.5. The molecule has 1 aromatic carbocycles. The fourth-order valence-corrected chi connectivity index (χ4v) is 5.24. The molecule has 8 nitrogen and oxygen atoms in total. The monoisotopic (exact) mass is 441 g/mol. The van der Waals surface area contributed by atoms with Crippen molar-refractivity contribution in [2.24, 2.45) is 13.0 Å². The Kier molecular flexibility index (Phi) is 5.51. The van der Waals surface area contributed by atoms with Crippen LogP contribution in [0.25, 0.3) is 0 Å². The average molecular weight is 441 g/mol. The van der Waals surface area contributed by atoms with Gasteiger partial charge in [0, 0.05) is 38.2 Å². The minimum Gasteiger partial charge on any atom is -0.488 e. The molecule has 4 rings (SSSR count). The Hall–Kier alpha value is -2.50. The first-order chi connectivity index (χ1) is 14.3. The number of benzene rings is 1. The Morgan fingerprint density at radius 1 is 1.23 bits per heavy atom. The second-order valence-electron chi connectivity index (χ2n) is 7.35. The minimum atomic E-state index is -3.92. The number of nitrogens with zero attached hydrogens (tertiary/aromatic N) is 1. The summed E-state index contributed by atoms with van der Waals surface area (Å²) in [7, 11) is -2.42. The molecule has 1 saturated heterocycles. The van der Waals surface area contributed by atoms with Gasteiger partial charge in [-0.2, -0.15) is 0 Å². The first kappa shape index (κ1) is 20.8. The third kappa shape index (κ3) is 3.92. The SMILES string of the molecule is Cn1cc2c(c1C(=O)Nc1ccc(F)c(F)c1)OCC(C1CCOCC1)NS2(=O)=O. The van der Waals surface area contributed by atoms with Gasteiger partial charge < -0.3 is 19.4 Å². The van der Waals surface area contributed by atoms with E-state index in [2.05, 4.69) is 10.0 Å². The Bertz CT molecular complexity index is 1080. The van der Waals surface area contributed by atoms with E-state index in [9.17, 15) is 22.0 Å². The number of hydrogen-bond donors (Lipinski definition) is 2. The summed E-state index contributed by atoms with van der Waals surface area (Å²) in [4.78, 5) is 12.7. The summed E-state index contributed by atoms with van der Waals surface area (Å²) in [6.07, 6.45) is 2.71. The molecule has 2 aliphatic heterocycles. The van der Waals surface area contributed by atoms with E-state index in [0.717, 1.165) is 12.1 Å². The van der Waals surface area contributed by atoms with Crippen molar-refractivity contribution in [3.63, 3.8) is 0 Å². The van der Waals surface area contributed by atoms with Crippen LogP contribution in [0.1, 0.15) is 23.3 Å². The van der Waals surface area contributed by atoms with E-state index in [1.165, 1.54) is 23.9 Å². The number of aryl methyl sites for hydroxylation is 1.